The van der Waals surface area contributed by atoms with Crippen LogP contribution in [-0.2, 0) is 9.05 Å². The molecule has 1 saturated carbocycles. The van der Waals surface area contributed by atoms with Crippen molar-refractivity contribution in [1.29, 1.82) is 0 Å². The Bertz CT molecular complexity index is 607. The molecule has 6 nitrogen and oxygen atoms in total. The normalized spacial score (nSPS) is 15.3. The number of aromatic amines is 1. The average Bonchev–Trinajstić information content (AvgIpc) is 3.12. The molecule has 0 radical (unpaired) electrons. The number of H-pyrrole nitrogens is 1. The van der Waals surface area contributed by atoms with E-state index >= 15 is 0 Å². The lowest BCUT2D eigenvalue weighted by molar-refractivity contribution is 0.0754. The molecule has 0 aromatic carbocycles. The standard InChI is InChI=1S/C12H18ClN3O3S/c1-3-7-16(4-2)12(17)10-11(20(13,18)19)9(14-15-10)8-5-6-8/h8H,3-7H2,1-2H3,(H,14,15). The first-order valence-electron chi connectivity index (χ1n) is 6.72. The summed E-state index contributed by atoms with van der Waals surface area (Å²) in [4.78, 5) is 13.8. The van der Waals surface area contributed by atoms with Gasteiger partial charge in [-0.25, -0.2) is 8.42 Å². The summed E-state index contributed by atoms with van der Waals surface area (Å²) in [6.45, 7) is 4.86. The summed E-state index contributed by atoms with van der Waals surface area (Å²) < 4.78 is 23.6. The SMILES string of the molecule is CCCN(CC)C(=O)c1n[nH]c(C2CC2)c1S(=O)(=O)Cl. The van der Waals surface area contributed by atoms with Crippen LogP contribution >= 0.6 is 10.7 Å². The van der Waals surface area contributed by atoms with Crippen LogP contribution in [-0.4, -0.2) is 42.5 Å². The van der Waals surface area contributed by atoms with Crippen molar-refractivity contribution in [3.63, 3.8) is 0 Å². The van der Waals surface area contributed by atoms with E-state index < -0.39 is 15.0 Å². The van der Waals surface area contributed by atoms with E-state index in [-0.39, 0.29) is 16.5 Å². The van der Waals surface area contributed by atoms with Crippen LogP contribution in [0.15, 0.2) is 4.90 Å². The fraction of sp³-hybridized carbons (Fsp3) is 0.667. The first-order chi connectivity index (χ1) is 9.40. The number of hydrogen-bond acceptors (Lipinski definition) is 4. The Hall–Kier alpha value is -1.08. The quantitative estimate of drug-likeness (QED) is 0.814. The van der Waals surface area contributed by atoms with E-state index in [4.69, 9.17) is 10.7 Å². The van der Waals surface area contributed by atoms with Crippen molar-refractivity contribution in [2.75, 3.05) is 13.1 Å². The van der Waals surface area contributed by atoms with Gasteiger partial charge in [-0.05, 0) is 26.2 Å². The van der Waals surface area contributed by atoms with Gasteiger partial charge in [0.2, 0.25) is 0 Å². The minimum atomic E-state index is -4.00. The van der Waals surface area contributed by atoms with Crippen molar-refractivity contribution in [2.24, 2.45) is 0 Å². The fourth-order valence-corrected chi connectivity index (χ4v) is 3.52. The van der Waals surface area contributed by atoms with Gasteiger partial charge < -0.3 is 4.90 Å². The van der Waals surface area contributed by atoms with Gasteiger partial charge in [0.05, 0.1) is 5.69 Å². The summed E-state index contributed by atoms with van der Waals surface area (Å²) in [5.74, 6) is -0.273. The van der Waals surface area contributed by atoms with Crippen molar-refractivity contribution in [1.82, 2.24) is 15.1 Å². The van der Waals surface area contributed by atoms with Crippen LogP contribution in [0, 0.1) is 0 Å². The Morgan fingerprint density at radius 1 is 1.45 bits per heavy atom. The van der Waals surface area contributed by atoms with E-state index in [0.717, 1.165) is 19.3 Å². The second kappa shape index (κ2) is 5.73. The maximum atomic E-state index is 12.4. The van der Waals surface area contributed by atoms with Crippen molar-refractivity contribution in [3.8, 4) is 0 Å². The summed E-state index contributed by atoms with van der Waals surface area (Å²) in [7, 11) is 1.50. The summed E-state index contributed by atoms with van der Waals surface area (Å²) in [5, 5.41) is 6.60. The second-order valence-electron chi connectivity index (χ2n) is 4.91. The van der Waals surface area contributed by atoms with Crippen LogP contribution < -0.4 is 0 Å². The molecule has 0 aliphatic heterocycles. The molecule has 1 amide bonds. The number of aromatic nitrogens is 2. The number of amides is 1. The zero-order valence-corrected chi connectivity index (χ0v) is 13.1. The molecule has 0 atom stereocenters. The molecule has 112 valence electrons. The highest BCUT2D eigenvalue weighted by atomic mass is 35.7. The van der Waals surface area contributed by atoms with Gasteiger partial charge in [0.15, 0.2) is 5.69 Å². The third kappa shape index (κ3) is 2.98. The Labute approximate surface area is 122 Å². The van der Waals surface area contributed by atoms with Crippen molar-refractivity contribution < 1.29 is 13.2 Å². The van der Waals surface area contributed by atoms with E-state index in [1.165, 1.54) is 0 Å². The lowest BCUT2D eigenvalue weighted by Gasteiger charge is -2.19. The van der Waals surface area contributed by atoms with Gasteiger partial charge in [0.25, 0.3) is 15.0 Å². The van der Waals surface area contributed by atoms with Crippen LogP contribution in [0.25, 0.3) is 0 Å². The Morgan fingerprint density at radius 3 is 2.55 bits per heavy atom. The van der Waals surface area contributed by atoms with Gasteiger partial charge in [-0.15, -0.1) is 0 Å². The molecule has 0 unspecified atom stereocenters. The molecular weight excluding hydrogens is 302 g/mol. The van der Waals surface area contributed by atoms with E-state index in [0.29, 0.717) is 18.8 Å². The van der Waals surface area contributed by atoms with E-state index in [1.54, 1.807) is 4.90 Å². The third-order valence-electron chi connectivity index (χ3n) is 3.34. The molecule has 1 aliphatic rings. The summed E-state index contributed by atoms with van der Waals surface area (Å²) in [6, 6.07) is 0. The molecule has 0 saturated heterocycles. The minimum absolute atomic E-state index is 0.0859. The van der Waals surface area contributed by atoms with Crippen molar-refractivity contribution >= 4 is 25.6 Å². The summed E-state index contributed by atoms with van der Waals surface area (Å²) in [6.07, 6.45) is 2.58. The van der Waals surface area contributed by atoms with Crippen molar-refractivity contribution in [3.05, 3.63) is 11.4 Å². The van der Waals surface area contributed by atoms with Crippen LogP contribution in [0.5, 0.6) is 0 Å². The highest BCUT2D eigenvalue weighted by Gasteiger charge is 2.37. The predicted molar refractivity (Wildman–Crippen MR) is 75.5 cm³/mol. The van der Waals surface area contributed by atoms with Gasteiger partial charge in [0.1, 0.15) is 4.90 Å². The van der Waals surface area contributed by atoms with Crippen LogP contribution in [0.3, 0.4) is 0 Å². The molecule has 1 aromatic rings. The zero-order valence-electron chi connectivity index (χ0n) is 11.5. The van der Waals surface area contributed by atoms with Crippen LogP contribution in [0.1, 0.15) is 55.2 Å². The predicted octanol–water partition coefficient (Wildman–Crippen LogP) is 2.09. The lowest BCUT2D eigenvalue weighted by Crippen LogP contribution is -2.32. The van der Waals surface area contributed by atoms with Gasteiger partial charge in [0, 0.05) is 29.7 Å². The first kappa shape index (κ1) is 15.3. The monoisotopic (exact) mass is 319 g/mol. The molecule has 20 heavy (non-hydrogen) atoms. The number of rotatable bonds is 6. The molecule has 1 aliphatic carbocycles. The van der Waals surface area contributed by atoms with Gasteiger partial charge in [-0.3, -0.25) is 9.89 Å². The first-order valence-corrected chi connectivity index (χ1v) is 9.03. The molecule has 1 fully saturated rings. The summed E-state index contributed by atoms with van der Waals surface area (Å²) >= 11 is 0. The smallest absolute Gasteiger partial charge is 0.275 e. The molecule has 0 spiro atoms. The zero-order chi connectivity index (χ0) is 14.9. The van der Waals surface area contributed by atoms with E-state index in [1.807, 2.05) is 13.8 Å². The molecule has 1 N–H and O–H groups in total. The largest absolute Gasteiger partial charge is 0.338 e. The highest BCUT2D eigenvalue weighted by molar-refractivity contribution is 8.13. The van der Waals surface area contributed by atoms with Gasteiger partial charge >= 0.3 is 0 Å². The maximum Gasteiger partial charge on any atom is 0.275 e. The Balaban J connectivity index is 2.44. The van der Waals surface area contributed by atoms with E-state index in [9.17, 15) is 13.2 Å². The van der Waals surface area contributed by atoms with Gasteiger partial charge in [-0.1, -0.05) is 6.92 Å². The lowest BCUT2D eigenvalue weighted by atomic mass is 10.2. The van der Waals surface area contributed by atoms with Gasteiger partial charge in [-0.2, -0.15) is 5.10 Å². The Kier molecular flexibility index (Phi) is 4.39. The number of nitrogens with zero attached hydrogens (tertiary/aromatic N) is 2. The topological polar surface area (TPSA) is 83.1 Å². The second-order valence-corrected chi connectivity index (χ2v) is 7.41. The number of hydrogen-bond donors (Lipinski definition) is 1. The molecule has 2 rings (SSSR count). The molecule has 1 aromatic heterocycles. The fourth-order valence-electron chi connectivity index (χ4n) is 2.21. The third-order valence-corrected chi connectivity index (χ3v) is 4.71. The Morgan fingerprint density at radius 2 is 2.10 bits per heavy atom. The minimum Gasteiger partial charge on any atom is -0.338 e. The molecule has 1 heterocycles. The number of carbonyl (C=O) groups is 1. The maximum absolute atomic E-state index is 12.4. The van der Waals surface area contributed by atoms with Crippen LogP contribution in [0.4, 0.5) is 0 Å². The molecular formula is C12H18ClN3O3S. The van der Waals surface area contributed by atoms with E-state index in [2.05, 4.69) is 10.2 Å². The van der Waals surface area contributed by atoms with Crippen molar-refractivity contribution in [2.45, 2.75) is 43.9 Å². The number of carbonyl (C=O) groups excluding carboxylic acids is 1. The average molecular weight is 320 g/mol. The van der Waals surface area contributed by atoms with Crippen LogP contribution in [0.2, 0.25) is 0 Å². The number of halogens is 1. The highest BCUT2D eigenvalue weighted by Crippen LogP contribution is 2.43. The molecule has 0 bridgehead atoms. The summed E-state index contributed by atoms with van der Waals surface area (Å²) in [5.41, 5.74) is 0.383. The molecule has 8 heteroatoms. The number of nitrogens with one attached hydrogen (secondary N) is 1.